The van der Waals surface area contributed by atoms with E-state index in [2.05, 4.69) is 0 Å². The first-order chi connectivity index (χ1) is 5.34. The van der Waals surface area contributed by atoms with Gasteiger partial charge in [-0.15, -0.1) is 0 Å². The predicted octanol–water partition coefficient (Wildman–Crippen LogP) is -0.0351. The zero-order chi connectivity index (χ0) is 8.10. The van der Waals surface area contributed by atoms with E-state index in [0.29, 0.717) is 26.4 Å². The Morgan fingerprint density at radius 3 is 3.00 bits per heavy atom. The van der Waals surface area contributed by atoms with E-state index in [1.807, 2.05) is 0 Å². The SMILES string of the molecule is CCOC(=O)C1COCCO1. The van der Waals surface area contributed by atoms with Crippen LogP contribution in [0.2, 0.25) is 0 Å². The second kappa shape index (κ2) is 4.31. The van der Waals surface area contributed by atoms with Crippen molar-refractivity contribution in [2.45, 2.75) is 13.0 Å². The molecule has 0 aromatic heterocycles. The first-order valence-electron chi connectivity index (χ1n) is 3.70. The Kier molecular flexibility index (Phi) is 3.32. The van der Waals surface area contributed by atoms with Crippen LogP contribution in [0.1, 0.15) is 6.92 Å². The van der Waals surface area contributed by atoms with Gasteiger partial charge < -0.3 is 14.2 Å². The maximum atomic E-state index is 11.0. The summed E-state index contributed by atoms with van der Waals surface area (Å²) in [6, 6.07) is 0. The minimum atomic E-state index is -0.510. The minimum Gasteiger partial charge on any atom is -0.464 e. The quantitative estimate of drug-likeness (QED) is 0.532. The van der Waals surface area contributed by atoms with Crippen molar-refractivity contribution >= 4 is 5.97 Å². The number of carbonyl (C=O) groups is 1. The normalized spacial score (nSPS) is 24.6. The summed E-state index contributed by atoms with van der Waals surface area (Å²) in [6.45, 7) is 3.51. The van der Waals surface area contributed by atoms with Gasteiger partial charge in [-0.2, -0.15) is 0 Å². The molecule has 1 fully saturated rings. The molecule has 1 aliphatic rings. The van der Waals surface area contributed by atoms with Crippen LogP contribution < -0.4 is 0 Å². The highest BCUT2D eigenvalue weighted by atomic mass is 16.6. The van der Waals surface area contributed by atoms with Crippen LogP contribution in [0.4, 0.5) is 0 Å². The van der Waals surface area contributed by atoms with Crippen LogP contribution in [0.15, 0.2) is 0 Å². The topological polar surface area (TPSA) is 44.8 Å². The first-order valence-corrected chi connectivity index (χ1v) is 3.70. The van der Waals surface area contributed by atoms with Gasteiger partial charge in [-0.1, -0.05) is 0 Å². The largest absolute Gasteiger partial charge is 0.464 e. The minimum absolute atomic E-state index is 0.318. The van der Waals surface area contributed by atoms with Gasteiger partial charge in [0.05, 0.1) is 26.4 Å². The molecular weight excluding hydrogens is 148 g/mol. The Morgan fingerprint density at radius 2 is 2.45 bits per heavy atom. The van der Waals surface area contributed by atoms with Gasteiger partial charge >= 0.3 is 5.97 Å². The summed E-state index contributed by atoms with van der Waals surface area (Å²) in [6.07, 6.45) is -0.510. The van der Waals surface area contributed by atoms with Crippen molar-refractivity contribution in [2.24, 2.45) is 0 Å². The van der Waals surface area contributed by atoms with Crippen LogP contribution >= 0.6 is 0 Å². The molecular formula is C7H12O4. The molecule has 0 saturated carbocycles. The summed E-state index contributed by atoms with van der Waals surface area (Å²) in [5.74, 6) is -0.327. The molecule has 0 bridgehead atoms. The molecule has 64 valence electrons. The van der Waals surface area contributed by atoms with Crippen LogP contribution in [0, 0.1) is 0 Å². The molecule has 0 aliphatic carbocycles. The Morgan fingerprint density at radius 1 is 1.64 bits per heavy atom. The lowest BCUT2D eigenvalue weighted by molar-refractivity contribution is -0.170. The molecule has 0 aromatic carbocycles. The van der Waals surface area contributed by atoms with Crippen LogP contribution in [0.3, 0.4) is 0 Å². The molecule has 0 radical (unpaired) electrons. The van der Waals surface area contributed by atoms with Crippen molar-refractivity contribution in [1.82, 2.24) is 0 Å². The molecule has 0 spiro atoms. The van der Waals surface area contributed by atoms with Crippen LogP contribution in [-0.2, 0) is 19.0 Å². The summed E-state index contributed by atoms with van der Waals surface area (Å²) in [5, 5.41) is 0. The highest BCUT2D eigenvalue weighted by molar-refractivity contribution is 5.74. The average molecular weight is 160 g/mol. The molecule has 1 unspecified atom stereocenters. The number of hydrogen-bond acceptors (Lipinski definition) is 4. The molecule has 0 aromatic rings. The van der Waals surface area contributed by atoms with Crippen LogP contribution in [0.25, 0.3) is 0 Å². The van der Waals surface area contributed by atoms with Gasteiger partial charge in [-0.25, -0.2) is 4.79 Å². The summed E-state index contributed by atoms with van der Waals surface area (Å²) >= 11 is 0. The molecule has 0 N–H and O–H groups in total. The maximum Gasteiger partial charge on any atom is 0.337 e. The fourth-order valence-electron chi connectivity index (χ4n) is 0.859. The first kappa shape index (κ1) is 8.49. The van der Waals surface area contributed by atoms with E-state index in [1.165, 1.54) is 0 Å². The third-order valence-corrected chi connectivity index (χ3v) is 1.37. The van der Waals surface area contributed by atoms with Gasteiger partial charge in [0.2, 0.25) is 0 Å². The average Bonchev–Trinajstić information content (AvgIpc) is 2.07. The molecule has 1 heterocycles. The highest BCUT2D eigenvalue weighted by Gasteiger charge is 2.23. The van der Waals surface area contributed by atoms with Gasteiger partial charge in [0.15, 0.2) is 6.10 Å². The Bertz CT molecular complexity index is 128. The number of carbonyl (C=O) groups excluding carboxylic acids is 1. The molecule has 1 atom stereocenters. The Balaban J connectivity index is 2.27. The van der Waals surface area contributed by atoms with Crippen molar-refractivity contribution in [3.63, 3.8) is 0 Å². The molecule has 0 amide bonds. The van der Waals surface area contributed by atoms with Gasteiger partial charge in [-0.05, 0) is 6.92 Å². The summed E-state index contributed by atoms with van der Waals surface area (Å²) in [7, 11) is 0. The third-order valence-electron chi connectivity index (χ3n) is 1.37. The molecule has 11 heavy (non-hydrogen) atoms. The van der Waals surface area contributed by atoms with Gasteiger partial charge in [0.1, 0.15) is 0 Å². The van der Waals surface area contributed by atoms with Gasteiger partial charge in [-0.3, -0.25) is 0 Å². The van der Waals surface area contributed by atoms with Crippen molar-refractivity contribution in [3.05, 3.63) is 0 Å². The second-order valence-corrected chi connectivity index (χ2v) is 2.19. The van der Waals surface area contributed by atoms with Gasteiger partial charge in [0, 0.05) is 0 Å². The summed E-state index contributed by atoms with van der Waals surface area (Å²) < 4.78 is 14.9. The van der Waals surface area contributed by atoms with Crippen molar-refractivity contribution in [1.29, 1.82) is 0 Å². The Hall–Kier alpha value is -0.610. The number of ether oxygens (including phenoxy) is 3. The van der Waals surface area contributed by atoms with E-state index in [0.717, 1.165) is 0 Å². The van der Waals surface area contributed by atoms with Crippen LogP contribution in [-0.4, -0.2) is 38.5 Å². The monoisotopic (exact) mass is 160 g/mol. The van der Waals surface area contributed by atoms with Crippen molar-refractivity contribution in [3.8, 4) is 0 Å². The molecule has 1 saturated heterocycles. The zero-order valence-electron chi connectivity index (χ0n) is 6.54. The Labute approximate surface area is 65.4 Å². The zero-order valence-corrected chi connectivity index (χ0v) is 6.54. The molecule has 1 rings (SSSR count). The van der Waals surface area contributed by atoms with Crippen LogP contribution in [0.5, 0.6) is 0 Å². The van der Waals surface area contributed by atoms with Crippen molar-refractivity contribution in [2.75, 3.05) is 26.4 Å². The van der Waals surface area contributed by atoms with Gasteiger partial charge in [0.25, 0.3) is 0 Å². The van der Waals surface area contributed by atoms with E-state index < -0.39 is 6.10 Å². The molecule has 4 heteroatoms. The fourth-order valence-corrected chi connectivity index (χ4v) is 0.859. The lowest BCUT2D eigenvalue weighted by atomic mass is 10.3. The van der Waals surface area contributed by atoms with E-state index in [9.17, 15) is 4.79 Å². The van der Waals surface area contributed by atoms with Crippen molar-refractivity contribution < 1.29 is 19.0 Å². The third kappa shape index (κ3) is 2.48. The fraction of sp³-hybridized carbons (Fsp3) is 0.857. The van der Waals surface area contributed by atoms with E-state index in [-0.39, 0.29) is 5.97 Å². The highest BCUT2D eigenvalue weighted by Crippen LogP contribution is 2.02. The predicted molar refractivity (Wildman–Crippen MR) is 37.2 cm³/mol. The smallest absolute Gasteiger partial charge is 0.337 e. The van der Waals surface area contributed by atoms with E-state index in [4.69, 9.17) is 14.2 Å². The van der Waals surface area contributed by atoms with E-state index in [1.54, 1.807) is 6.92 Å². The lowest BCUT2D eigenvalue weighted by Gasteiger charge is -2.20. The summed E-state index contributed by atoms with van der Waals surface area (Å²) in [4.78, 5) is 11.0. The lowest BCUT2D eigenvalue weighted by Crippen LogP contribution is -2.36. The standard InChI is InChI=1S/C7H12O4/c1-2-10-7(8)6-5-9-3-4-11-6/h6H,2-5H2,1H3. The number of hydrogen-bond donors (Lipinski definition) is 0. The second-order valence-electron chi connectivity index (χ2n) is 2.19. The van der Waals surface area contributed by atoms with E-state index >= 15 is 0 Å². The molecule has 1 aliphatic heterocycles. The summed E-state index contributed by atoms with van der Waals surface area (Å²) in [5.41, 5.74) is 0. The molecule has 4 nitrogen and oxygen atoms in total. The maximum absolute atomic E-state index is 11.0. The number of rotatable bonds is 2. The number of esters is 1.